The molecule has 0 spiro atoms. The monoisotopic (exact) mass is 224 g/mol. The van der Waals surface area contributed by atoms with E-state index in [0.29, 0.717) is 17.7 Å². The van der Waals surface area contributed by atoms with Crippen LogP contribution in [-0.4, -0.2) is 18.5 Å². The van der Waals surface area contributed by atoms with E-state index in [2.05, 4.69) is 5.32 Å². The molecule has 0 saturated heterocycles. The number of nitrogens with two attached hydrogens (primary N) is 1. The van der Waals surface area contributed by atoms with Gasteiger partial charge in [0.05, 0.1) is 0 Å². The van der Waals surface area contributed by atoms with Gasteiger partial charge in [0.25, 0.3) is 5.91 Å². The van der Waals surface area contributed by atoms with E-state index >= 15 is 0 Å². The van der Waals surface area contributed by atoms with Crippen LogP contribution in [0.2, 0.25) is 0 Å². The van der Waals surface area contributed by atoms with Crippen molar-refractivity contribution >= 4 is 5.91 Å². The molecule has 0 aliphatic heterocycles. The van der Waals surface area contributed by atoms with Crippen molar-refractivity contribution in [3.63, 3.8) is 0 Å². The van der Waals surface area contributed by atoms with Crippen LogP contribution >= 0.6 is 0 Å². The maximum absolute atomic E-state index is 12.8. The van der Waals surface area contributed by atoms with Gasteiger partial charge < -0.3 is 11.1 Å². The summed E-state index contributed by atoms with van der Waals surface area (Å²) in [5, 5.41) is 2.82. The van der Waals surface area contributed by atoms with Crippen LogP contribution in [0.4, 0.5) is 4.39 Å². The van der Waals surface area contributed by atoms with Gasteiger partial charge in [-0.2, -0.15) is 0 Å². The highest BCUT2D eigenvalue weighted by Crippen LogP contribution is 2.10. The Morgan fingerprint density at radius 1 is 1.56 bits per heavy atom. The SMILES string of the molecule is Cc1cc(F)ccc1C(=O)NC(C)CCN. The van der Waals surface area contributed by atoms with Crippen LogP contribution in [0, 0.1) is 12.7 Å². The lowest BCUT2D eigenvalue weighted by Crippen LogP contribution is -2.34. The summed E-state index contributed by atoms with van der Waals surface area (Å²) >= 11 is 0. The minimum atomic E-state index is -0.330. The van der Waals surface area contributed by atoms with E-state index in [1.54, 1.807) is 6.92 Å². The topological polar surface area (TPSA) is 55.1 Å². The minimum absolute atomic E-state index is 0.0296. The van der Waals surface area contributed by atoms with Crippen LogP contribution in [0.1, 0.15) is 29.3 Å². The first-order chi connectivity index (χ1) is 7.54. The third-order valence-corrected chi connectivity index (χ3v) is 2.41. The fourth-order valence-corrected chi connectivity index (χ4v) is 1.51. The molecule has 0 heterocycles. The summed E-state index contributed by atoms with van der Waals surface area (Å²) in [5.74, 6) is -0.512. The molecule has 1 aromatic rings. The van der Waals surface area contributed by atoms with Gasteiger partial charge in [0.15, 0.2) is 0 Å². The fourth-order valence-electron chi connectivity index (χ4n) is 1.51. The van der Waals surface area contributed by atoms with Crippen LogP contribution in [0.5, 0.6) is 0 Å². The normalized spacial score (nSPS) is 12.2. The van der Waals surface area contributed by atoms with Crippen molar-refractivity contribution in [2.24, 2.45) is 5.73 Å². The van der Waals surface area contributed by atoms with E-state index in [4.69, 9.17) is 5.73 Å². The Kier molecular flexibility index (Phi) is 4.43. The molecular formula is C12H17FN2O. The van der Waals surface area contributed by atoms with Gasteiger partial charge in [-0.15, -0.1) is 0 Å². The number of carbonyl (C=O) groups excluding carboxylic acids is 1. The van der Waals surface area contributed by atoms with E-state index in [1.165, 1.54) is 18.2 Å². The Morgan fingerprint density at radius 2 is 2.25 bits per heavy atom. The Balaban J connectivity index is 2.73. The smallest absolute Gasteiger partial charge is 0.251 e. The van der Waals surface area contributed by atoms with Gasteiger partial charge >= 0.3 is 0 Å². The first kappa shape index (κ1) is 12.6. The second kappa shape index (κ2) is 5.61. The van der Waals surface area contributed by atoms with Crippen LogP contribution in [0.15, 0.2) is 18.2 Å². The summed E-state index contributed by atoms with van der Waals surface area (Å²) in [4.78, 5) is 11.8. The Hall–Kier alpha value is -1.42. The second-order valence-electron chi connectivity index (χ2n) is 3.91. The molecule has 0 bridgehead atoms. The number of hydrogen-bond donors (Lipinski definition) is 2. The molecule has 0 fully saturated rings. The molecule has 3 nitrogen and oxygen atoms in total. The molecule has 1 atom stereocenters. The van der Waals surface area contributed by atoms with Gasteiger partial charge in [-0.25, -0.2) is 4.39 Å². The number of halogens is 1. The zero-order valence-corrected chi connectivity index (χ0v) is 9.59. The molecule has 0 radical (unpaired) electrons. The first-order valence-electron chi connectivity index (χ1n) is 5.31. The van der Waals surface area contributed by atoms with Crippen LogP contribution in [0.25, 0.3) is 0 Å². The Bertz CT molecular complexity index is 379. The minimum Gasteiger partial charge on any atom is -0.350 e. The van der Waals surface area contributed by atoms with Gasteiger partial charge in [-0.05, 0) is 50.6 Å². The summed E-state index contributed by atoms with van der Waals surface area (Å²) in [6.07, 6.45) is 0.728. The third kappa shape index (κ3) is 3.31. The fraction of sp³-hybridized carbons (Fsp3) is 0.417. The van der Waals surface area contributed by atoms with Gasteiger partial charge in [0.2, 0.25) is 0 Å². The molecule has 1 rings (SSSR count). The van der Waals surface area contributed by atoms with Gasteiger partial charge in [0, 0.05) is 11.6 Å². The number of amides is 1. The molecule has 3 N–H and O–H groups in total. The molecule has 0 aliphatic carbocycles. The van der Waals surface area contributed by atoms with Crippen molar-refractivity contribution < 1.29 is 9.18 Å². The Labute approximate surface area is 94.8 Å². The van der Waals surface area contributed by atoms with E-state index in [-0.39, 0.29) is 17.8 Å². The van der Waals surface area contributed by atoms with Crippen molar-refractivity contribution in [3.8, 4) is 0 Å². The average Bonchev–Trinajstić information content (AvgIpc) is 2.17. The van der Waals surface area contributed by atoms with Gasteiger partial charge in [0.1, 0.15) is 5.82 Å². The molecule has 16 heavy (non-hydrogen) atoms. The molecule has 0 saturated carbocycles. The first-order valence-corrected chi connectivity index (χ1v) is 5.31. The maximum atomic E-state index is 12.8. The lowest BCUT2D eigenvalue weighted by molar-refractivity contribution is 0.0938. The zero-order valence-electron chi connectivity index (χ0n) is 9.59. The molecule has 1 amide bonds. The van der Waals surface area contributed by atoms with E-state index in [9.17, 15) is 9.18 Å². The summed E-state index contributed by atoms with van der Waals surface area (Å²) in [6, 6.07) is 4.16. The molecule has 88 valence electrons. The second-order valence-corrected chi connectivity index (χ2v) is 3.91. The van der Waals surface area contributed by atoms with Crippen LogP contribution in [0.3, 0.4) is 0 Å². The predicted octanol–water partition coefficient (Wildman–Crippen LogP) is 1.60. The lowest BCUT2D eigenvalue weighted by atomic mass is 10.1. The molecule has 0 aromatic heterocycles. The van der Waals surface area contributed by atoms with Crippen LogP contribution < -0.4 is 11.1 Å². The highest BCUT2D eigenvalue weighted by Gasteiger charge is 2.11. The number of aryl methyl sites for hydroxylation is 1. The van der Waals surface area contributed by atoms with Crippen molar-refractivity contribution in [2.45, 2.75) is 26.3 Å². The number of hydrogen-bond acceptors (Lipinski definition) is 2. The van der Waals surface area contributed by atoms with Crippen molar-refractivity contribution in [2.75, 3.05) is 6.54 Å². The number of benzene rings is 1. The van der Waals surface area contributed by atoms with Gasteiger partial charge in [-0.1, -0.05) is 0 Å². The summed E-state index contributed by atoms with van der Waals surface area (Å²) in [7, 11) is 0. The van der Waals surface area contributed by atoms with E-state index in [0.717, 1.165) is 6.42 Å². The predicted molar refractivity (Wildman–Crippen MR) is 61.7 cm³/mol. The van der Waals surface area contributed by atoms with Gasteiger partial charge in [-0.3, -0.25) is 4.79 Å². The highest BCUT2D eigenvalue weighted by atomic mass is 19.1. The third-order valence-electron chi connectivity index (χ3n) is 2.41. The van der Waals surface area contributed by atoms with E-state index in [1.807, 2.05) is 6.92 Å². The molecular weight excluding hydrogens is 207 g/mol. The maximum Gasteiger partial charge on any atom is 0.251 e. The Morgan fingerprint density at radius 3 is 2.81 bits per heavy atom. The van der Waals surface area contributed by atoms with Crippen LogP contribution in [-0.2, 0) is 0 Å². The quantitative estimate of drug-likeness (QED) is 0.816. The average molecular weight is 224 g/mol. The molecule has 1 aromatic carbocycles. The van der Waals surface area contributed by atoms with Crippen molar-refractivity contribution in [1.29, 1.82) is 0 Å². The molecule has 1 unspecified atom stereocenters. The number of carbonyl (C=O) groups is 1. The molecule has 4 heteroatoms. The van der Waals surface area contributed by atoms with Crippen molar-refractivity contribution in [1.82, 2.24) is 5.32 Å². The molecule has 0 aliphatic rings. The summed E-state index contributed by atoms with van der Waals surface area (Å²) < 4.78 is 12.8. The number of rotatable bonds is 4. The highest BCUT2D eigenvalue weighted by molar-refractivity contribution is 5.95. The zero-order chi connectivity index (χ0) is 12.1. The largest absolute Gasteiger partial charge is 0.350 e. The lowest BCUT2D eigenvalue weighted by Gasteiger charge is -2.13. The van der Waals surface area contributed by atoms with E-state index < -0.39 is 0 Å². The summed E-state index contributed by atoms with van der Waals surface area (Å²) in [5.41, 5.74) is 6.53. The van der Waals surface area contributed by atoms with Crippen molar-refractivity contribution in [3.05, 3.63) is 35.1 Å². The number of nitrogens with one attached hydrogen (secondary N) is 1. The standard InChI is InChI=1S/C12H17FN2O/c1-8-7-10(13)3-4-11(8)12(16)15-9(2)5-6-14/h3-4,7,9H,5-6,14H2,1-2H3,(H,15,16). The summed E-state index contributed by atoms with van der Waals surface area (Å²) in [6.45, 7) is 4.14.